The summed E-state index contributed by atoms with van der Waals surface area (Å²) in [6, 6.07) is 11.6. The van der Waals surface area contributed by atoms with E-state index in [1.165, 1.54) is 10.7 Å². The van der Waals surface area contributed by atoms with Crippen molar-refractivity contribution in [1.29, 1.82) is 0 Å². The Bertz CT molecular complexity index is 941. The molecule has 0 fully saturated rings. The van der Waals surface area contributed by atoms with Crippen LogP contribution in [0.25, 0.3) is 0 Å². The minimum Gasteiger partial charge on any atom is -0.332 e. The molecule has 3 rings (SSSR count). The molecule has 2 N–H and O–H groups in total. The van der Waals surface area contributed by atoms with Crippen LogP contribution in [0.15, 0.2) is 48.7 Å². The van der Waals surface area contributed by atoms with Crippen molar-refractivity contribution in [2.24, 2.45) is 0 Å². The van der Waals surface area contributed by atoms with Crippen LogP contribution in [0.2, 0.25) is 15.1 Å². The smallest absolute Gasteiger partial charge is 0.176 e. The van der Waals surface area contributed by atoms with Crippen molar-refractivity contribution < 1.29 is 4.39 Å². The minimum atomic E-state index is -0.406. The maximum Gasteiger partial charge on any atom is 0.176 e. The van der Waals surface area contributed by atoms with Crippen LogP contribution in [0, 0.1) is 5.82 Å². The van der Waals surface area contributed by atoms with E-state index in [2.05, 4.69) is 15.7 Å². The number of thiocarbonyl (C=S) groups is 1. The molecule has 0 bridgehead atoms. The highest BCUT2D eigenvalue weighted by atomic mass is 35.5. The van der Waals surface area contributed by atoms with Gasteiger partial charge < -0.3 is 10.6 Å². The van der Waals surface area contributed by atoms with Crippen molar-refractivity contribution in [1.82, 2.24) is 9.78 Å². The van der Waals surface area contributed by atoms with Gasteiger partial charge in [-0.25, -0.2) is 4.39 Å². The van der Waals surface area contributed by atoms with Gasteiger partial charge >= 0.3 is 0 Å². The van der Waals surface area contributed by atoms with E-state index in [9.17, 15) is 4.39 Å². The maximum absolute atomic E-state index is 13.9. The molecule has 0 aliphatic heterocycles. The zero-order chi connectivity index (χ0) is 18.7. The second kappa shape index (κ2) is 8.22. The quantitative estimate of drug-likeness (QED) is 0.511. The van der Waals surface area contributed by atoms with Crippen LogP contribution >= 0.6 is 47.0 Å². The number of benzene rings is 2. The molecule has 2 aromatic carbocycles. The third kappa shape index (κ3) is 4.65. The van der Waals surface area contributed by atoms with Crippen molar-refractivity contribution in [3.63, 3.8) is 0 Å². The zero-order valence-corrected chi connectivity index (χ0v) is 16.2. The number of anilines is 2. The lowest BCUT2D eigenvalue weighted by Gasteiger charge is -2.09. The van der Waals surface area contributed by atoms with E-state index in [1.807, 2.05) is 6.07 Å². The lowest BCUT2D eigenvalue weighted by Crippen LogP contribution is -2.19. The molecule has 3 aromatic rings. The summed E-state index contributed by atoms with van der Waals surface area (Å²) in [5, 5.41) is 11.7. The van der Waals surface area contributed by atoms with Gasteiger partial charge in [-0.2, -0.15) is 5.10 Å². The fourth-order valence-corrected chi connectivity index (χ4v) is 3.07. The Balaban J connectivity index is 1.71. The third-order valence-electron chi connectivity index (χ3n) is 3.41. The summed E-state index contributed by atoms with van der Waals surface area (Å²) in [6.07, 6.45) is 1.56. The monoisotopic (exact) mass is 428 g/mol. The average Bonchev–Trinajstić information content (AvgIpc) is 2.90. The largest absolute Gasteiger partial charge is 0.332 e. The lowest BCUT2D eigenvalue weighted by atomic mass is 10.2. The Morgan fingerprint density at radius 1 is 1.08 bits per heavy atom. The van der Waals surface area contributed by atoms with Crippen LogP contribution in [0.3, 0.4) is 0 Å². The van der Waals surface area contributed by atoms with Gasteiger partial charge in [0.2, 0.25) is 0 Å². The Morgan fingerprint density at radius 2 is 1.85 bits per heavy atom. The molecule has 0 spiro atoms. The molecule has 0 unspecified atom stereocenters. The molecular formula is C17H12Cl3FN4S. The van der Waals surface area contributed by atoms with Gasteiger partial charge in [-0.1, -0.05) is 46.9 Å². The summed E-state index contributed by atoms with van der Waals surface area (Å²) in [4.78, 5) is 0. The number of nitrogens with zero attached hydrogens (tertiary/aromatic N) is 2. The minimum absolute atomic E-state index is 0.140. The molecule has 0 saturated heterocycles. The van der Waals surface area contributed by atoms with Gasteiger partial charge in [-0.15, -0.1) is 0 Å². The predicted molar refractivity (Wildman–Crippen MR) is 109 cm³/mol. The van der Waals surface area contributed by atoms with Crippen molar-refractivity contribution in [3.8, 4) is 0 Å². The lowest BCUT2D eigenvalue weighted by molar-refractivity contribution is 0.586. The maximum atomic E-state index is 13.9. The molecular weight excluding hydrogens is 418 g/mol. The highest BCUT2D eigenvalue weighted by Crippen LogP contribution is 2.24. The normalized spacial score (nSPS) is 10.6. The van der Waals surface area contributed by atoms with Gasteiger partial charge in [0.25, 0.3) is 0 Å². The van der Waals surface area contributed by atoms with Crippen molar-refractivity contribution in [2.75, 3.05) is 10.6 Å². The van der Waals surface area contributed by atoms with E-state index in [0.29, 0.717) is 31.6 Å². The predicted octanol–water partition coefficient (Wildman–Crippen LogP) is 5.84. The second-order valence-electron chi connectivity index (χ2n) is 5.31. The molecule has 0 atom stereocenters. The van der Waals surface area contributed by atoms with Crippen LogP contribution in [0.5, 0.6) is 0 Å². The fourth-order valence-electron chi connectivity index (χ4n) is 2.24. The average molecular weight is 430 g/mol. The van der Waals surface area contributed by atoms with E-state index < -0.39 is 5.82 Å². The number of aromatic nitrogens is 2. The Hall–Kier alpha value is -1.86. The van der Waals surface area contributed by atoms with Crippen LogP contribution in [-0.2, 0) is 6.54 Å². The van der Waals surface area contributed by atoms with Crippen molar-refractivity contribution in [2.45, 2.75) is 6.54 Å². The number of hydrogen-bond donors (Lipinski definition) is 2. The zero-order valence-electron chi connectivity index (χ0n) is 13.1. The summed E-state index contributed by atoms with van der Waals surface area (Å²) in [6.45, 7) is 0.140. The topological polar surface area (TPSA) is 41.9 Å². The van der Waals surface area contributed by atoms with Crippen molar-refractivity contribution >= 4 is 63.6 Å². The first kappa shape index (κ1) is 18.9. The van der Waals surface area contributed by atoms with Crippen LogP contribution in [-0.4, -0.2) is 14.9 Å². The molecule has 9 heteroatoms. The molecule has 4 nitrogen and oxygen atoms in total. The van der Waals surface area contributed by atoms with Gasteiger partial charge in [0, 0.05) is 27.5 Å². The van der Waals surface area contributed by atoms with Crippen LogP contribution < -0.4 is 10.6 Å². The summed E-state index contributed by atoms with van der Waals surface area (Å²) >= 11 is 23.4. The van der Waals surface area contributed by atoms with Gasteiger partial charge in [-0.05, 0) is 42.5 Å². The third-order valence-corrected chi connectivity index (χ3v) is 4.48. The van der Waals surface area contributed by atoms with E-state index in [0.717, 1.165) is 5.69 Å². The molecule has 134 valence electrons. The van der Waals surface area contributed by atoms with Crippen LogP contribution in [0.4, 0.5) is 15.9 Å². The first-order valence-corrected chi connectivity index (χ1v) is 8.96. The highest BCUT2D eigenvalue weighted by Gasteiger charge is 2.12. The SMILES string of the molecule is Fc1cccc(Cl)c1Cn1cc(Cl)c(NC(=S)Nc2cccc(Cl)c2)n1. The first-order valence-electron chi connectivity index (χ1n) is 7.42. The summed E-state index contributed by atoms with van der Waals surface area (Å²) < 4.78 is 15.4. The second-order valence-corrected chi connectivity index (χ2v) is 6.97. The van der Waals surface area contributed by atoms with E-state index in [4.69, 9.17) is 47.0 Å². The molecule has 0 amide bonds. The van der Waals surface area contributed by atoms with Gasteiger partial charge in [-0.3, -0.25) is 4.68 Å². The Kier molecular flexibility index (Phi) is 5.98. The molecule has 0 saturated carbocycles. The van der Waals surface area contributed by atoms with E-state index in [-0.39, 0.29) is 6.54 Å². The number of hydrogen-bond acceptors (Lipinski definition) is 2. The summed E-state index contributed by atoms with van der Waals surface area (Å²) in [5.41, 5.74) is 1.06. The molecule has 0 radical (unpaired) electrons. The standard InChI is InChI=1S/C17H12Cl3FN4S/c18-10-3-1-4-11(7-10)22-17(26)23-16-14(20)9-25(24-16)8-12-13(19)5-2-6-15(12)21/h1-7,9H,8H2,(H2,22,23,24,26). The van der Waals surface area contributed by atoms with Crippen LogP contribution in [0.1, 0.15) is 5.56 Å². The van der Waals surface area contributed by atoms with Gasteiger partial charge in [0.1, 0.15) is 10.8 Å². The molecule has 1 heterocycles. The number of nitrogens with one attached hydrogen (secondary N) is 2. The Morgan fingerprint density at radius 3 is 2.58 bits per heavy atom. The molecule has 1 aromatic heterocycles. The van der Waals surface area contributed by atoms with Crippen molar-refractivity contribution in [3.05, 3.63) is 75.1 Å². The van der Waals surface area contributed by atoms with E-state index >= 15 is 0 Å². The highest BCUT2D eigenvalue weighted by molar-refractivity contribution is 7.80. The summed E-state index contributed by atoms with van der Waals surface area (Å²) in [7, 11) is 0. The van der Waals surface area contributed by atoms with Gasteiger partial charge in [0.15, 0.2) is 10.9 Å². The number of halogens is 4. The molecule has 0 aliphatic carbocycles. The summed E-state index contributed by atoms with van der Waals surface area (Å²) in [5.74, 6) is -0.0598. The number of rotatable bonds is 4. The first-order chi connectivity index (χ1) is 12.4. The fraction of sp³-hybridized carbons (Fsp3) is 0.0588. The van der Waals surface area contributed by atoms with Gasteiger partial charge in [0.05, 0.1) is 6.54 Å². The van der Waals surface area contributed by atoms with E-state index in [1.54, 1.807) is 36.5 Å². The Labute approximate surface area is 169 Å². The molecule has 26 heavy (non-hydrogen) atoms. The molecule has 0 aliphatic rings.